The Morgan fingerprint density at radius 1 is 1.30 bits per heavy atom. The zero-order valence-corrected chi connectivity index (χ0v) is 13.6. The number of ether oxygens (including phenoxy) is 1. The molecule has 0 saturated heterocycles. The van der Waals surface area contributed by atoms with Gasteiger partial charge < -0.3 is 20.5 Å². The maximum atomic E-state index is 11.8. The summed E-state index contributed by atoms with van der Waals surface area (Å²) in [6.07, 6.45) is 2.98. The van der Waals surface area contributed by atoms with Gasteiger partial charge >= 0.3 is 11.8 Å². The molecule has 6 heteroatoms. The van der Waals surface area contributed by atoms with Crippen molar-refractivity contribution < 1.29 is 19.4 Å². The molecule has 6 nitrogen and oxygen atoms in total. The highest BCUT2D eigenvalue weighted by molar-refractivity contribution is 6.35. The highest BCUT2D eigenvalue weighted by Crippen LogP contribution is 2.36. The van der Waals surface area contributed by atoms with Gasteiger partial charge in [-0.05, 0) is 48.9 Å². The number of nitrogens with one attached hydrogen (secondary N) is 2. The number of aryl methyl sites for hydroxylation is 1. The molecule has 0 spiro atoms. The zero-order valence-electron chi connectivity index (χ0n) is 13.6. The van der Waals surface area contributed by atoms with Crippen molar-refractivity contribution in [1.82, 2.24) is 10.6 Å². The fraction of sp³-hybridized carbons (Fsp3) is 0.529. The van der Waals surface area contributed by atoms with Crippen LogP contribution in [0.4, 0.5) is 0 Å². The van der Waals surface area contributed by atoms with E-state index in [9.17, 15) is 14.7 Å². The molecule has 0 aliphatic heterocycles. The lowest BCUT2D eigenvalue weighted by molar-refractivity contribution is -0.140. The average Bonchev–Trinajstić information content (AvgIpc) is 2.57. The van der Waals surface area contributed by atoms with Crippen LogP contribution in [0, 0.1) is 0 Å². The molecular formula is C17H24N2O4. The molecule has 23 heavy (non-hydrogen) atoms. The molecule has 126 valence electrons. The van der Waals surface area contributed by atoms with Crippen LogP contribution in [-0.2, 0) is 21.6 Å². The van der Waals surface area contributed by atoms with E-state index in [0.717, 1.165) is 36.1 Å². The van der Waals surface area contributed by atoms with Gasteiger partial charge in [0.05, 0.1) is 13.7 Å². The maximum absolute atomic E-state index is 11.8. The molecule has 2 rings (SSSR count). The first-order valence-electron chi connectivity index (χ1n) is 7.96. The summed E-state index contributed by atoms with van der Waals surface area (Å²) in [7, 11) is 1.60. The summed E-state index contributed by atoms with van der Waals surface area (Å²) in [6.45, 7) is 2.39. The molecule has 1 atom stereocenters. The number of aliphatic hydroxyl groups is 1. The Morgan fingerprint density at radius 2 is 2.04 bits per heavy atom. The summed E-state index contributed by atoms with van der Waals surface area (Å²) in [6, 6.07) is 5.54. The first-order chi connectivity index (χ1) is 11.0. The standard InChI is InChI=1S/C17H24N2O4/c1-3-9-18-15(20)16(21)19-11-17(22)8-4-5-12-10-13(23-2)6-7-14(12)17/h6-7,10,22H,3-5,8-9,11H2,1-2H3,(H,18,20)(H,19,21). The number of hydrogen-bond acceptors (Lipinski definition) is 4. The minimum atomic E-state index is -1.15. The topological polar surface area (TPSA) is 87.7 Å². The number of benzene rings is 1. The van der Waals surface area contributed by atoms with Crippen LogP contribution in [0.5, 0.6) is 5.75 Å². The second kappa shape index (κ2) is 7.46. The molecule has 0 fully saturated rings. The Morgan fingerprint density at radius 3 is 2.74 bits per heavy atom. The predicted octanol–water partition coefficient (Wildman–Crippen LogP) is 0.862. The number of methoxy groups -OCH3 is 1. The summed E-state index contributed by atoms with van der Waals surface area (Å²) in [4.78, 5) is 23.4. The molecule has 3 N–H and O–H groups in total. The van der Waals surface area contributed by atoms with Gasteiger partial charge in [-0.15, -0.1) is 0 Å². The lowest BCUT2D eigenvalue weighted by Gasteiger charge is -2.34. The number of fused-ring (bicyclic) bond motifs is 1. The van der Waals surface area contributed by atoms with Crippen LogP contribution in [0.25, 0.3) is 0 Å². The fourth-order valence-electron chi connectivity index (χ4n) is 2.87. The minimum Gasteiger partial charge on any atom is -0.497 e. The molecule has 2 amide bonds. The predicted molar refractivity (Wildman–Crippen MR) is 86.1 cm³/mol. The summed E-state index contributed by atoms with van der Waals surface area (Å²) >= 11 is 0. The molecule has 0 bridgehead atoms. The SMILES string of the molecule is CCCNC(=O)C(=O)NCC1(O)CCCc2cc(OC)ccc21. The van der Waals surface area contributed by atoms with E-state index in [1.807, 2.05) is 19.1 Å². The molecule has 0 aromatic heterocycles. The number of amides is 2. The number of rotatable bonds is 5. The Bertz CT molecular complexity index is 588. The van der Waals surface area contributed by atoms with Gasteiger partial charge in [0.1, 0.15) is 11.4 Å². The Kier molecular flexibility index (Phi) is 5.60. The van der Waals surface area contributed by atoms with Gasteiger partial charge in [0.15, 0.2) is 0 Å². The summed E-state index contributed by atoms with van der Waals surface area (Å²) in [5.41, 5.74) is 0.655. The lowest BCUT2D eigenvalue weighted by Crippen LogP contribution is -2.47. The van der Waals surface area contributed by atoms with Gasteiger partial charge in [-0.3, -0.25) is 9.59 Å². The number of carbonyl (C=O) groups is 2. The lowest BCUT2D eigenvalue weighted by atomic mass is 9.79. The number of carbonyl (C=O) groups excluding carboxylic acids is 2. The van der Waals surface area contributed by atoms with E-state index in [4.69, 9.17) is 4.74 Å². The average molecular weight is 320 g/mol. The Labute approximate surface area is 136 Å². The minimum absolute atomic E-state index is 0.0186. The molecule has 1 unspecified atom stereocenters. The van der Waals surface area contributed by atoms with Crippen LogP contribution < -0.4 is 15.4 Å². The first-order valence-corrected chi connectivity index (χ1v) is 7.96. The second-order valence-corrected chi connectivity index (χ2v) is 5.85. The van der Waals surface area contributed by atoms with Crippen molar-refractivity contribution >= 4 is 11.8 Å². The van der Waals surface area contributed by atoms with Crippen LogP contribution in [0.2, 0.25) is 0 Å². The fourth-order valence-corrected chi connectivity index (χ4v) is 2.87. The van der Waals surface area contributed by atoms with Crippen molar-refractivity contribution in [2.45, 2.75) is 38.2 Å². The van der Waals surface area contributed by atoms with Crippen LogP contribution in [0.15, 0.2) is 18.2 Å². The van der Waals surface area contributed by atoms with E-state index in [2.05, 4.69) is 10.6 Å². The summed E-state index contributed by atoms with van der Waals surface area (Å²) < 4.78 is 5.21. The van der Waals surface area contributed by atoms with Crippen molar-refractivity contribution in [2.24, 2.45) is 0 Å². The maximum Gasteiger partial charge on any atom is 0.309 e. The van der Waals surface area contributed by atoms with Crippen LogP contribution in [0.3, 0.4) is 0 Å². The van der Waals surface area contributed by atoms with Crippen LogP contribution >= 0.6 is 0 Å². The van der Waals surface area contributed by atoms with Gasteiger partial charge in [-0.25, -0.2) is 0 Å². The smallest absolute Gasteiger partial charge is 0.309 e. The third-order valence-electron chi connectivity index (χ3n) is 4.13. The third-order valence-corrected chi connectivity index (χ3v) is 4.13. The van der Waals surface area contributed by atoms with E-state index in [0.29, 0.717) is 13.0 Å². The quantitative estimate of drug-likeness (QED) is 0.702. The molecule has 1 aliphatic rings. The van der Waals surface area contributed by atoms with Gasteiger partial charge in [0, 0.05) is 6.54 Å². The second-order valence-electron chi connectivity index (χ2n) is 5.85. The molecule has 1 aliphatic carbocycles. The first kappa shape index (κ1) is 17.3. The van der Waals surface area contributed by atoms with Crippen molar-refractivity contribution in [3.63, 3.8) is 0 Å². The molecule has 0 heterocycles. The van der Waals surface area contributed by atoms with Crippen LogP contribution in [-0.4, -0.2) is 37.1 Å². The highest BCUT2D eigenvalue weighted by Gasteiger charge is 2.35. The van der Waals surface area contributed by atoms with Crippen molar-refractivity contribution in [1.29, 1.82) is 0 Å². The van der Waals surface area contributed by atoms with Crippen molar-refractivity contribution in [3.05, 3.63) is 29.3 Å². The molecular weight excluding hydrogens is 296 g/mol. The van der Waals surface area contributed by atoms with Gasteiger partial charge in [0.25, 0.3) is 0 Å². The molecule has 1 aromatic carbocycles. The van der Waals surface area contributed by atoms with Gasteiger partial charge in [-0.1, -0.05) is 13.0 Å². The largest absolute Gasteiger partial charge is 0.497 e. The highest BCUT2D eigenvalue weighted by atomic mass is 16.5. The van der Waals surface area contributed by atoms with E-state index in [1.165, 1.54) is 0 Å². The normalized spacial score (nSPS) is 19.6. The monoisotopic (exact) mass is 320 g/mol. The third kappa shape index (κ3) is 4.01. The van der Waals surface area contributed by atoms with Crippen molar-refractivity contribution in [3.8, 4) is 5.75 Å². The zero-order chi connectivity index (χ0) is 16.9. The van der Waals surface area contributed by atoms with E-state index in [-0.39, 0.29) is 6.54 Å². The molecule has 0 radical (unpaired) electrons. The Hall–Kier alpha value is -2.08. The molecule has 0 saturated carbocycles. The van der Waals surface area contributed by atoms with E-state index >= 15 is 0 Å². The summed E-state index contributed by atoms with van der Waals surface area (Å²) in [5.74, 6) is -0.635. The summed E-state index contributed by atoms with van der Waals surface area (Å²) in [5, 5.41) is 16.0. The molecule has 1 aromatic rings. The number of hydrogen-bond donors (Lipinski definition) is 3. The van der Waals surface area contributed by atoms with E-state index < -0.39 is 17.4 Å². The van der Waals surface area contributed by atoms with Gasteiger partial charge in [0.2, 0.25) is 0 Å². The van der Waals surface area contributed by atoms with Gasteiger partial charge in [-0.2, -0.15) is 0 Å². The Balaban J connectivity index is 2.06. The van der Waals surface area contributed by atoms with Crippen molar-refractivity contribution in [2.75, 3.05) is 20.2 Å². The van der Waals surface area contributed by atoms with E-state index in [1.54, 1.807) is 13.2 Å². The van der Waals surface area contributed by atoms with Crippen LogP contribution in [0.1, 0.15) is 37.3 Å².